The molecule has 98 valence electrons. The van der Waals surface area contributed by atoms with Crippen molar-refractivity contribution in [3.05, 3.63) is 58.1 Å². The molecular weight excluding hydrogens is 322 g/mol. The van der Waals surface area contributed by atoms with Gasteiger partial charge in [-0.25, -0.2) is 0 Å². The van der Waals surface area contributed by atoms with Gasteiger partial charge in [-0.3, -0.25) is 4.79 Å². The van der Waals surface area contributed by atoms with Gasteiger partial charge in [0.15, 0.2) is 0 Å². The lowest BCUT2D eigenvalue weighted by atomic mass is 10.1. The van der Waals surface area contributed by atoms with Gasteiger partial charge in [-0.05, 0) is 43.0 Å². The van der Waals surface area contributed by atoms with Crippen molar-refractivity contribution in [1.29, 1.82) is 0 Å². The molecule has 0 heterocycles. The number of anilines is 1. The summed E-state index contributed by atoms with van der Waals surface area (Å²) in [5.74, 6) is -0.0952. The van der Waals surface area contributed by atoms with Crippen molar-refractivity contribution in [2.45, 2.75) is 11.8 Å². The highest BCUT2D eigenvalue weighted by molar-refractivity contribution is 9.10. The van der Waals surface area contributed by atoms with E-state index in [0.717, 1.165) is 20.6 Å². The first-order chi connectivity index (χ1) is 9.11. The van der Waals surface area contributed by atoms with Crippen LogP contribution >= 0.6 is 27.7 Å². The zero-order valence-electron chi connectivity index (χ0n) is 10.7. The van der Waals surface area contributed by atoms with Crippen molar-refractivity contribution < 1.29 is 4.79 Å². The number of aryl methyl sites for hydroxylation is 1. The molecule has 19 heavy (non-hydrogen) atoms. The first-order valence-corrected chi connectivity index (χ1v) is 7.84. The molecule has 0 saturated heterocycles. The molecule has 2 aromatic carbocycles. The molecule has 0 atom stereocenters. The number of benzene rings is 2. The predicted molar refractivity (Wildman–Crippen MR) is 85.1 cm³/mol. The van der Waals surface area contributed by atoms with Gasteiger partial charge in [0.05, 0.1) is 5.69 Å². The van der Waals surface area contributed by atoms with E-state index in [1.807, 2.05) is 55.6 Å². The Morgan fingerprint density at radius 2 is 1.95 bits per heavy atom. The maximum atomic E-state index is 12.2. The van der Waals surface area contributed by atoms with E-state index in [9.17, 15) is 4.79 Å². The molecular formula is C15H14BrNOS. The maximum absolute atomic E-state index is 12.2. The Morgan fingerprint density at radius 3 is 2.63 bits per heavy atom. The quantitative estimate of drug-likeness (QED) is 0.821. The average Bonchev–Trinajstić information content (AvgIpc) is 2.42. The van der Waals surface area contributed by atoms with E-state index in [0.29, 0.717) is 5.56 Å². The standard InChI is InChI=1S/C15H14BrNOS/c1-10-7-8-11(9-12(10)16)15(18)17-13-5-3-4-6-14(13)19-2/h3-9H,1-2H3,(H,17,18). The summed E-state index contributed by atoms with van der Waals surface area (Å²) in [6.45, 7) is 1.99. The normalized spacial score (nSPS) is 10.3. The Morgan fingerprint density at radius 1 is 1.21 bits per heavy atom. The molecule has 0 saturated carbocycles. The van der Waals surface area contributed by atoms with Gasteiger partial charge < -0.3 is 5.32 Å². The molecule has 0 aliphatic rings. The van der Waals surface area contributed by atoms with E-state index in [1.54, 1.807) is 11.8 Å². The van der Waals surface area contributed by atoms with E-state index < -0.39 is 0 Å². The van der Waals surface area contributed by atoms with Gasteiger partial charge in [-0.1, -0.05) is 34.1 Å². The fourth-order valence-electron chi connectivity index (χ4n) is 1.68. The van der Waals surface area contributed by atoms with Crippen LogP contribution in [0.2, 0.25) is 0 Å². The highest BCUT2D eigenvalue weighted by Crippen LogP contribution is 2.25. The van der Waals surface area contributed by atoms with E-state index in [4.69, 9.17) is 0 Å². The molecule has 2 nitrogen and oxygen atoms in total. The minimum absolute atomic E-state index is 0.0952. The van der Waals surface area contributed by atoms with Crippen LogP contribution in [0.15, 0.2) is 51.8 Å². The Balaban J connectivity index is 2.23. The molecule has 0 fully saturated rings. The summed E-state index contributed by atoms with van der Waals surface area (Å²) >= 11 is 5.06. The summed E-state index contributed by atoms with van der Waals surface area (Å²) in [5, 5.41) is 2.94. The second-order valence-corrected chi connectivity index (χ2v) is 5.82. The third-order valence-corrected chi connectivity index (χ3v) is 4.44. The topological polar surface area (TPSA) is 29.1 Å². The van der Waals surface area contributed by atoms with Crippen LogP contribution in [0.4, 0.5) is 5.69 Å². The molecule has 1 amide bonds. The van der Waals surface area contributed by atoms with Gasteiger partial charge in [-0.2, -0.15) is 0 Å². The fourth-order valence-corrected chi connectivity index (χ4v) is 2.61. The van der Waals surface area contributed by atoms with Crippen LogP contribution in [0, 0.1) is 6.92 Å². The molecule has 2 rings (SSSR count). The minimum atomic E-state index is -0.0952. The third-order valence-electron chi connectivity index (χ3n) is 2.79. The summed E-state index contributed by atoms with van der Waals surface area (Å²) in [7, 11) is 0. The SMILES string of the molecule is CSc1ccccc1NC(=O)c1ccc(C)c(Br)c1. The van der Waals surface area contributed by atoms with Crippen LogP contribution in [0.5, 0.6) is 0 Å². The van der Waals surface area contributed by atoms with E-state index >= 15 is 0 Å². The van der Waals surface area contributed by atoms with Gasteiger partial charge in [0.25, 0.3) is 5.91 Å². The second-order valence-electron chi connectivity index (χ2n) is 4.12. The summed E-state index contributed by atoms with van der Waals surface area (Å²) in [6.07, 6.45) is 1.99. The van der Waals surface area contributed by atoms with Crippen LogP contribution < -0.4 is 5.32 Å². The number of rotatable bonds is 3. The Kier molecular flexibility index (Phi) is 4.66. The number of para-hydroxylation sites is 1. The van der Waals surface area contributed by atoms with Crippen molar-refractivity contribution in [1.82, 2.24) is 0 Å². The largest absolute Gasteiger partial charge is 0.321 e. The van der Waals surface area contributed by atoms with Gasteiger partial charge in [0, 0.05) is 14.9 Å². The number of thioether (sulfide) groups is 1. The Bertz CT molecular complexity index is 613. The van der Waals surface area contributed by atoms with Crippen molar-refractivity contribution in [2.75, 3.05) is 11.6 Å². The van der Waals surface area contributed by atoms with Gasteiger partial charge >= 0.3 is 0 Å². The first-order valence-electron chi connectivity index (χ1n) is 5.82. The number of halogens is 1. The summed E-state index contributed by atoms with van der Waals surface area (Å²) in [5.41, 5.74) is 2.60. The molecule has 0 spiro atoms. The van der Waals surface area contributed by atoms with Crippen molar-refractivity contribution in [3.63, 3.8) is 0 Å². The molecule has 0 unspecified atom stereocenters. The van der Waals surface area contributed by atoms with Crippen LogP contribution in [0.1, 0.15) is 15.9 Å². The van der Waals surface area contributed by atoms with Crippen LogP contribution in [-0.2, 0) is 0 Å². The predicted octanol–water partition coefficient (Wildman–Crippen LogP) is 4.73. The summed E-state index contributed by atoms with van der Waals surface area (Å²) in [6, 6.07) is 13.4. The van der Waals surface area contributed by atoms with Crippen LogP contribution in [0.3, 0.4) is 0 Å². The maximum Gasteiger partial charge on any atom is 0.255 e. The molecule has 2 aromatic rings. The second kappa shape index (κ2) is 6.26. The molecule has 0 radical (unpaired) electrons. The first kappa shape index (κ1) is 14.2. The third kappa shape index (κ3) is 3.39. The monoisotopic (exact) mass is 335 g/mol. The molecule has 0 bridgehead atoms. The van der Waals surface area contributed by atoms with Crippen LogP contribution in [-0.4, -0.2) is 12.2 Å². The van der Waals surface area contributed by atoms with E-state index in [-0.39, 0.29) is 5.91 Å². The highest BCUT2D eigenvalue weighted by Gasteiger charge is 2.09. The number of nitrogens with one attached hydrogen (secondary N) is 1. The molecule has 4 heteroatoms. The van der Waals surface area contributed by atoms with Crippen molar-refractivity contribution >= 4 is 39.3 Å². The molecule has 0 aliphatic heterocycles. The van der Waals surface area contributed by atoms with Crippen molar-refractivity contribution in [3.8, 4) is 0 Å². The van der Waals surface area contributed by atoms with Gasteiger partial charge in [0.2, 0.25) is 0 Å². The minimum Gasteiger partial charge on any atom is -0.321 e. The molecule has 0 aromatic heterocycles. The van der Waals surface area contributed by atoms with Crippen LogP contribution in [0.25, 0.3) is 0 Å². The zero-order chi connectivity index (χ0) is 13.8. The Hall–Kier alpha value is -1.26. The lowest BCUT2D eigenvalue weighted by Gasteiger charge is -2.09. The molecule has 0 aliphatic carbocycles. The number of hydrogen-bond acceptors (Lipinski definition) is 2. The van der Waals surface area contributed by atoms with Crippen molar-refractivity contribution in [2.24, 2.45) is 0 Å². The Labute approximate surface area is 125 Å². The summed E-state index contributed by atoms with van der Waals surface area (Å²) in [4.78, 5) is 13.3. The highest BCUT2D eigenvalue weighted by atomic mass is 79.9. The number of amides is 1. The zero-order valence-corrected chi connectivity index (χ0v) is 13.1. The number of carbonyl (C=O) groups is 1. The average molecular weight is 336 g/mol. The van der Waals surface area contributed by atoms with Gasteiger partial charge in [0.1, 0.15) is 0 Å². The lowest BCUT2D eigenvalue weighted by Crippen LogP contribution is -2.12. The van der Waals surface area contributed by atoms with E-state index in [2.05, 4.69) is 21.2 Å². The van der Waals surface area contributed by atoms with E-state index in [1.165, 1.54) is 0 Å². The summed E-state index contributed by atoms with van der Waals surface area (Å²) < 4.78 is 0.943. The van der Waals surface area contributed by atoms with Gasteiger partial charge in [-0.15, -0.1) is 11.8 Å². The molecule has 1 N–H and O–H groups in total. The smallest absolute Gasteiger partial charge is 0.255 e. The number of carbonyl (C=O) groups excluding carboxylic acids is 1. The number of hydrogen-bond donors (Lipinski definition) is 1. The lowest BCUT2D eigenvalue weighted by molar-refractivity contribution is 0.102. The fraction of sp³-hybridized carbons (Fsp3) is 0.133.